The van der Waals surface area contributed by atoms with Crippen molar-refractivity contribution < 1.29 is 0 Å². The molecule has 1 aliphatic carbocycles. The number of rotatable bonds is 7. The van der Waals surface area contributed by atoms with Crippen LogP contribution in [0.4, 0.5) is 0 Å². The SMILES string of the molecule is c1cncc(CN(Cc2cccnc2)CC2CCCN(C3CCCCC3)C2)c1. The third kappa shape index (κ3) is 5.62. The third-order valence-electron chi connectivity index (χ3n) is 6.42. The Hall–Kier alpha value is -1.78. The quantitative estimate of drug-likeness (QED) is 0.709. The van der Waals surface area contributed by atoms with Gasteiger partial charge in [0.1, 0.15) is 0 Å². The molecular weight excluding hydrogens is 344 g/mol. The van der Waals surface area contributed by atoms with E-state index in [9.17, 15) is 0 Å². The van der Waals surface area contributed by atoms with Gasteiger partial charge in [-0.15, -0.1) is 0 Å². The molecule has 4 rings (SSSR count). The van der Waals surface area contributed by atoms with Gasteiger partial charge in [0.25, 0.3) is 0 Å². The summed E-state index contributed by atoms with van der Waals surface area (Å²) in [5, 5.41) is 0. The Morgan fingerprint density at radius 3 is 2.14 bits per heavy atom. The molecule has 1 saturated heterocycles. The standard InChI is InChI=1S/C24H34N4/c1-2-10-24(11-3-1)28-14-6-9-23(20-28)19-27(17-21-7-4-12-25-15-21)18-22-8-5-13-26-16-22/h4-5,7-8,12-13,15-16,23-24H,1-3,6,9-11,14,17-20H2. The topological polar surface area (TPSA) is 32.3 Å². The molecule has 2 fully saturated rings. The molecule has 1 unspecified atom stereocenters. The van der Waals surface area contributed by atoms with Crippen molar-refractivity contribution >= 4 is 0 Å². The zero-order chi connectivity index (χ0) is 19.0. The second kappa shape index (κ2) is 10.1. The van der Waals surface area contributed by atoms with Crippen LogP contribution in [0.5, 0.6) is 0 Å². The lowest BCUT2D eigenvalue weighted by molar-refractivity contribution is 0.0771. The summed E-state index contributed by atoms with van der Waals surface area (Å²) in [5.41, 5.74) is 2.60. The Kier molecular flexibility index (Phi) is 7.07. The smallest absolute Gasteiger partial charge is 0.0312 e. The van der Waals surface area contributed by atoms with E-state index in [1.807, 2.05) is 36.9 Å². The van der Waals surface area contributed by atoms with Crippen molar-refractivity contribution in [1.29, 1.82) is 0 Å². The van der Waals surface area contributed by atoms with E-state index in [0.29, 0.717) is 0 Å². The summed E-state index contributed by atoms with van der Waals surface area (Å²) < 4.78 is 0. The molecular formula is C24H34N4. The van der Waals surface area contributed by atoms with Gasteiger partial charge < -0.3 is 4.90 Å². The zero-order valence-electron chi connectivity index (χ0n) is 17.0. The highest BCUT2D eigenvalue weighted by Crippen LogP contribution is 2.28. The van der Waals surface area contributed by atoms with E-state index in [1.54, 1.807) is 0 Å². The summed E-state index contributed by atoms with van der Waals surface area (Å²) >= 11 is 0. The van der Waals surface area contributed by atoms with Crippen molar-refractivity contribution in [2.75, 3.05) is 19.6 Å². The number of likely N-dealkylation sites (tertiary alicyclic amines) is 1. The highest BCUT2D eigenvalue weighted by molar-refractivity contribution is 5.11. The number of hydrogen-bond acceptors (Lipinski definition) is 4. The van der Waals surface area contributed by atoms with E-state index in [-0.39, 0.29) is 0 Å². The lowest BCUT2D eigenvalue weighted by atomic mass is 9.90. The van der Waals surface area contributed by atoms with E-state index < -0.39 is 0 Å². The van der Waals surface area contributed by atoms with Crippen molar-refractivity contribution in [2.45, 2.75) is 64.1 Å². The fraction of sp³-hybridized carbons (Fsp3) is 0.583. The zero-order valence-corrected chi connectivity index (χ0v) is 17.0. The molecule has 4 nitrogen and oxygen atoms in total. The molecule has 0 spiro atoms. The average Bonchev–Trinajstić information content (AvgIpc) is 2.76. The summed E-state index contributed by atoms with van der Waals surface area (Å²) in [6.45, 7) is 5.67. The van der Waals surface area contributed by atoms with Crippen molar-refractivity contribution in [1.82, 2.24) is 19.8 Å². The summed E-state index contributed by atoms with van der Waals surface area (Å²) in [6, 6.07) is 9.32. The van der Waals surface area contributed by atoms with E-state index in [1.165, 1.54) is 69.2 Å². The second-order valence-electron chi connectivity index (χ2n) is 8.69. The molecule has 0 aromatic carbocycles. The monoisotopic (exact) mass is 378 g/mol. The van der Waals surface area contributed by atoms with Crippen LogP contribution in [0, 0.1) is 5.92 Å². The molecule has 3 heterocycles. The van der Waals surface area contributed by atoms with Crippen LogP contribution in [0.1, 0.15) is 56.1 Å². The highest BCUT2D eigenvalue weighted by Gasteiger charge is 2.28. The minimum absolute atomic E-state index is 0.768. The van der Waals surface area contributed by atoms with E-state index >= 15 is 0 Å². The Balaban J connectivity index is 1.40. The van der Waals surface area contributed by atoms with Crippen molar-refractivity contribution in [3.8, 4) is 0 Å². The lowest BCUT2D eigenvalue weighted by Gasteiger charge is -2.41. The van der Waals surface area contributed by atoms with Gasteiger partial charge >= 0.3 is 0 Å². The largest absolute Gasteiger partial charge is 0.300 e. The molecule has 0 amide bonds. The first kappa shape index (κ1) is 19.5. The Labute approximate surface area is 170 Å². The fourth-order valence-electron chi connectivity index (χ4n) is 5.07. The fourth-order valence-corrected chi connectivity index (χ4v) is 5.07. The molecule has 2 aliphatic rings. The molecule has 1 saturated carbocycles. The number of aromatic nitrogens is 2. The maximum absolute atomic E-state index is 4.32. The summed E-state index contributed by atoms with van der Waals surface area (Å²) in [6.07, 6.45) is 17.6. The molecule has 2 aromatic heterocycles. The van der Waals surface area contributed by atoms with Crippen LogP contribution in [0.25, 0.3) is 0 Å². The molecule has 28 heavy (non-hydrogen) atoms. The first-order valence-electron chi connectivity index (χ1n) is 11.1. The lowest BCUT2D eigenvalue weighted by Crippen LogP contribution is -2.46. The summed E-state index contributed by atoms with van der Waals surface area (Å²) in [5.74, 6) is 0.768. The second-order valence-corrected chi connectivity index (χ2v) is 8.69. The van der Waals surface area contributed by atoms with E-state index in [2.05, 4.69) is 31.9 Å². The van der Waals surface area contributed by atoms with Crippen LogP contribution in [-0.2, 0) is 13.1 Å². The van der Waals surface area contributed by atoms with Gasteiger partial charge in [-0.3, -0.25) is 14.9 Å². The molecule has 0 N–H and O–H groups in total. The van der Waals surface area contributed by atoms with Crippen molar-refractivity contribution in [3.05, 3.63) is 60.2 Å². The molecule has 150 valence electrons. The van der Waals surface area contributed by atoms with Gasteiger partial charge in [-0.05, 0) is 61.4 Å². The maximum Gasteiger partial charge on any atom is 0.0312 e. The van der Waals surface area contributed by atoms with Gasteiger partial charge in [0.05, 0.1) is 0 Å². The van der Waals surface area contributed by atoms with Crippen LogP contribution < -0.4 is 0 Å². The van der Waals surface area contributed by atoms with Crippen LogP contribution >= 0.6 is 0 Å². The number of hydrogen-bond donors (Lipinski definition) is 0. The normalized spacial score (nSPS) is 21.8. The summed E-state index contributed by atoms with van der Waals surface area (Å²) in [7, 11) is 0. The first-order valence-corrected chi connectivity index (χ1v) is 11.1. The minimum Gasteiger partial charge on any atom is -0.300 e. The highest BCUT2D eigenvalue weighted by atomic mass is 15.2. The minimum atomic E-state index is 0.768. The number of nitrogens with zero attached hydrogens (tertiary/aromatic N) is 4. The van der Waals surface area contributed by atoms with Crippen LogP contribution in [0.2, 0.25) is 0 Å². The van der Waals surface area contributed by atoms with Crippen molar-refractivity contribution in [2.24, 2.45) is 5.92 Å². The molecule has 4 heteroatoms. The Bertz CT molecular complexity index is 643. The molecule has 1 aliphatic heterocycles. The number of piperidine rings is 1. The average molecular weight is 379 g/mol. The maximum atomic E-state index is 4.32. The van der Waals surface area contributed by atoms with Gasteiger partial charge in [0.15, 0.2) is 0 Å². The van der Waals surface area contributed by atoms with Crippen LogP contribution in [-0.4, -0.2) is 45.4 Å². The third-order valence-corrected chi connectivity index (χ3v) is 6.42. The van der Waals surface area contributed by atoms with Gasteiger partial charge in [-0.1, -0.05) is 31.4 Å². The predicted molar refractivity (Wildman–Crippen MR) is 114 cm³/mol. The van der Waals surface area contributed by atoms with E-state index in [0.717, 1.165) is 31.6 Å². The van der Waals surface area contributed by atoms with Gasteiger partial charge in [0, 0.05) is 57.0 Å². The van der Waals surface area contributed by atoms with Crippen molar-refractivity contribution in [3.63, 3.8) is 0 Å². The van der Waals surface area contributed by atoms with Crippen LogP contribution in [0.15, 0.2) is 49.1 Å². The van der Waals surface area contributed by atoms with E-state index in [4.69, 9.17) is 0 Å². The Morgan fingerprint density at radius 1 is 0.857 bits per heavy atom. The summed E-state index contributed by atoms with van der Waals surface area (Å²) in [4.78, 5) is 14.1. The number of pyridine rings is 2. The van der Waals surface area contributed by atoms with Gasteiger partial charge in [-0.25, -0.2) is 0 Å². The van der Waals surface area contributed by atoms with Crippen LogP contribution in [0.3, 0.4) is 0 Å². The Morgan fingerprint density at radius 2 is 1.54 bits per heavy atom. The molecule has 1 atom stereocenters. The molecule has 0 radical (unpaired) electrons. The predicted octanol–water partition coefficient (Wildman–Crippen LogP) is 4.52. The van der Waals surface area contributed by atoms with Gasteiger partial charge in [0.2, 0.25) is 0 Å². The molecule has 0 bridgehead atoms. The first-order chi connectivity index (χ1) is 13.9. The van der Waals surface area contributed by atoms with Gasteiger partial charge in [-0.2, -0.15) is 0 Å². The molecule has 2 aromatic rings.